The van der Waals surface area contributed by atoms with Gasteiger partial charge in [0.1, 0.15) is 24.5 Å². The van der Waals surface area contributed by atoms with E-state index in [0.717, 1.165) is 40.4 Å². The molecule has 2 unspecified atom stereocenters. The third-order valence-corrected chi connectivity index (χ3v) is 15.8. The summed E-state index contributed by atoms with van der Waals surface area (Å²) in [5.74, 6) is 0.0531. The fourth-order valence-corrected chi connectivity index (χ4v) is 11.2. The maximum absolute atomic E-state index is 14.9. The Labute approximate surface area is 433 Å². The third-order valence-electron chi connectivity index (χ3n) is 13.7. The lowest BCUT2D eigenvalue weighted by molar-refractivity contribution is -0.155. The van der Waals surface area contributed by atoms with Gasteiger partial charge in [0.25, 0.3) is 17.7 Å². The second kappa shape index (κ2) is 21.6. The molecule has 4 aromatic rings. The van der Waals surface area contributed by atoms with Crippen LogP contribution in [-0.4, -0.2) is 140 Å². The average molecular weight is 1070 g/mol. The Morgan fingerprint density at radius 2 is 1.64 bits per heavy atom. The number of likely N-dealkylation sites (tertiary alicyclic amines) is 1. The predicted molar refractivity (Wildman–Crippen MR) is 268 cm³/mol. The maximum Gasteiger partial charge on any atom is 0.399 e. The normalized spacial score (nSPS) is 19.7. The number of piperazine rings is 1. The van der Waals surface area contributed by atoms with Crippen molar-refractivity contribution in [3.05, 3.63) is 105 Å². The van der Waals surface area contributed by atoms with Gasteiger partial charge in [0.15, 0.2) is 0 Å². The molecule has 75 heavy (non-hydrogen) atoms. The molecule has 1 aromatic heterocycles. The number of amides is 9. The second-order valence-electron chi connectivity index (χ2n) is 19.9. The zero-order valence-corrected chi connectivity index (χ0v) is 42.8. The van der Waals surface area contributed by atoms with Gasteiger partial charge in [-0.2, -0.15) is 8.78 Å². The van der Waals surface area contributed by atoms with E-state index in [-0.39, 0.29) is 78.3 Å². The topological polar surface area (TPSA) is 260 Å². The van der Waals surface area contributed by atoms with Crippen molar-refractivity contribution in [2.24, 2.45) is 5.41 Å². The number of fused-ring (bicyclic) bond motifs is 2. The van der Waals surface area contributed by atoms with Crippen LogP contribution in [0, 0.1) is 17.3 Å². The molecule has 23 heteroatoms. The number of thiophene rings is 1. The van der Waals surface area contributed by atoms with Gasteiger partial charge in [0.05, 0.1) is 22.5 Å². The van der Waals surface area contributed by atoms with Gasteiger partial charge < -0.3 is 35.1 Å². The number of hydrogen-bond acceptors (Lipinski definition) is 11. The summed E-state index contributed by atoms with van der Waals surface area (Å²) in [6, 6.07) is 14.9. The van der Waals surface area contributed by atoms with Crippen LogP contribution in [0.25, 0.3) is 10.1 Å². The fourth-order valence-electron chi connectivity index (χ4n) is 9.75. The molecule has 0 aliphatic carbocycles. The molecule has 4 aliphatic heterocycles. The van der Waals surface area contributed by atoms with Crippen molar-refractivity contribution in [3.63, 3.8) is 0 Å². The van der Waals surface area contributed by atoms with Gasteiger partial charge in [-0.1, -0.05) is 75.1 Å². The van der Waals surface area contributed by atoms with Crippen molar-refractivity contribution < 1.29 is 66.3 Å². The molecule has 3 aromatic carbocycles. The lowest BCUT2D eigenvalue weighted by Crippen LogP contribution is -2.66. The van der Waals surface area contributed by atoms with Crippen LogP contribution in [0.2, 0.25) is 0 Å². The molecule has 0 radical (unpaired) electrons. The molecule has 4 atom stereocenters. The Bertz CT molecular complexity index is 3130. The first kappa shape index (κ1) is 54.1. The summed E-state index contributed by atoms with van der Waals surface area (Å²) in [6.07, 6.45) is 0.920. The molecular weight excluding hydrogens is 1020 g/mol. The van der Waals surface area contributed by atoms with E-state index in [9.17, 15) is 66.3 Å². The summed E-state index contributed by atoms with van der Waals surface area (Å²) in [7, 11) is -5.87. The molecule has 5 heterocycles. The smallest absolute Gasteiger partial charge is 0.355 e. The minimum Gasteiger partial charge on any atom is -0.355 e. The first-order chi connectivity index (χ1) is 35.4. The average Bonchev–Trinajstić information content (AvgIpc) is 3.92. The van der Waals surface area contributed by atoms with Crippen molar-refractivity contribution in [2.45, 2.75) is 89.0 Å². The molecule has 3 saturated heterocycles. The van der Waals surface area contributed by atoms with Crippen LogP contribution < -0.4 is 16.0 Å². The quantitative estimate of drug-likeness (QED) is 0.0443. The number of alkyl halides is 2. The molecule has 5 N–H and O–H groups in total. The molecule has 9 amide bonds. The molecule has 0 saturated carbocycles. The maximum atomic E-state index is 14.9. The van der Waals surface area contributed by atoms with E-state index in [2.05, 4.69) is 27.8 Å². The van der Waals surface area contributed by atoms with Gasteiger partial charge in [-0.05, 0) is 66.0 Å². The largest absolute Gasteiger partial charge is 0.399 e. The molecule has 394 valence electrons. The number of benzene rings is 3. The number of carbonyl (C=O) groups excluding carboxylic acids is 9. The van der Waals surface area contributed by atoms with Gasteiger partial charge >= 0.3 is 13.3 Å². The van der Waals surface area contributed by atoms with Crippen molar-refractivity contribution in [2.75, 3.05) is 39.3 Å². The van der Waals surface area contributed by atoms with Gasteiger partial charge in [-0.25, -0.2) is 0 Å². The first-order valence-electron chi connectivity index (χ1n) is 24.2. The van der Waals surface area contributed by atoms with Gasteiger partial charge in [-0.15, -0.1) is 11.3 Å². The Kier molecular flexibility index (Phi) is 15.6. The van der Waals surface area contributed by atoms with E-state index in [1.54, 1.807) is 37.8 Å². The fraction of sp³-hybridized carbons (Fsp3) is 0.404. The Balaban J connectivity index is 0.942. The summed E-state index contributed by atoms with van der Waals surface area (Å²) in [5, 5.41) is 7.71. The van der Waals surface area contributed by atoms with E-state index in [0.29, 0.717) is 24.2 Å². The number of piperidine rings is 2. The summed E-state index contributed by atoms with van der Waals surface area (Å²) >= 11 is 0.917. The van der Waals surface area contributed by atoms with E-state index in [4.69, 9.17) is 0 Å². The van der Waals surface area contributed by atoms with Gasteiger partial charge in [0.2, 0.25) is 35.4 Å². The monoisotopic (exact) mass is 1070 g/mol. The van der Waals surface area contributed by atoms with Crippen molar-refractivity contribution in [1.29, 1.82) is 0 Å². The summed E-state index contributed by atoms with van der Waals surface area (Å²) in [6.45, 7) is 5.39. The highest BCUT2D eigenvalue weighted by atomic mass is 32.1. The van der Waals surface area contributed by atoms with E-state index in [1.165, 1.54) is 28.0 Å². The van der Waals surface area contributed by atoms with Crippen LogP contribution in [0.4, 0.5) is 8.78 Å². The standard InChI is InChI=1S/C52H54F2N7O12PS/c1-51(2,3)44(57-46(66)39-26-33-25-34(17-19-38(33)75-39)52(53,54)74(71,72)73)50(70)60-24-23-58(29-37(60)48(68)59-22-10-15-32(28-59)30-11-5-4-6-12-30)42(64)27-41(63)55-21-8-7-13-31-14-9-16-35-43(31)49(69)61(47(35)67)36-18-20-40(62)56-45(36)65/h4-6,9,11-12,14,16-17,19,25-26,32,36-37,44H,8,10,15,18,20-24,27-29H2,1-3H3,(H,55,63)(H,57,66)(H,56,62,65)(H2,71,72,73)/t32?,36?,37-,44+/m0/s1. The Morgan fingerprint density at radius 3 is 2.35 bits per heavy atom. The number of nitrogens with one attached hydrogen (secondary N) is 3. The molecule has 0 spiro atoms. The number of imide groups is 2. The number of nitrogens with zero attached hydrogens (tertiary/aromatic N) is 4. The molecular formula is C52H54F2N7O12PS. The molecule has 19 nitrogen and oxygen atoms in total. The molecule has 3 fully saturated rings. The highest BCUT2D eigenvalue weighted by Crippen LogP contribution is 2.59. The van der Waals surface area contributed by atoms with Gasteiger partial charge in [-0.3, -0.25) is 57.9 Å². The van der Waals surface area contributed by atoms with E-state index >= 15 is 0 Å². The van der Waals surface area contributed by atoms with Crippen LogP contribution in [0.3, 0.4) is 0 Å². The van der Waals surface area contributed by atoms with Crippen molar-refractivity contribution >= 4 is 82.2 Å². The molecule has 4 aliphatic rings. The number of hydrogen-bond donors (Lipinski definition) is 5. The predicted octanol–water partition coefficient (Wildman–Crippen LogP) is 4.07. The summed E-state index contributed by atoms with van der Waals surface area (Å²) < 4.78 is 41.1. The van der Waals surface area contributed by atoms with Crippen molar-refractivity contribution in [3.8, 4) is 11.8 Å². The molecule has 0 bridgehead atoms. The van der Waals surface area contributed by atoms with E-state index in [1.807, 2.05) is 30.3 Å². The van der Waals surface area contributed by atoms with Crippen LogP contribution in [0.1, 0.15) is 112 Å². The zero-order chi connectivity index (χ0) is 54.1. The van der Waals surface area contributed by atoms with Crippen LogP contribution in [-0.2, 0) is 39.0 Å². The number of rotatable bonds is 12. The molecule has 8 rings (SSSR count). The summed E-state index contributed by atoms with van der Waals surface area (Å²) in [5.41, 5.74) is -5.03. The highest BCUT2D eigenvalue weighted by Gasteiger charge is 2.51. The minimum absolute atomic E-state index is 0.000301. The zero-order valence-electron chi connectivity index (χ0n) is 41.1. The van der Waals surface area contributed by atoms with Crippen molar-refractivity contribution in [1.82, 2.24) is 35.6 Å². The SMILES string of the molecule is CC(C)(C)[C@H](NC(=O)c1cc2cc(C(F)(F)P(=O)(O)O)ccc2s1)C(=O)N1CCN(C(=O)CC(=O)NCCC#Cc2cccc3c2C(=O)N(C2CCC(=O)NC2=O)C3=O)C[C@H]1C(=O)N1CCCC(c2ccccc2)C1. The number of halogens is 2. The summed E-state index contributed by atoms with van der Waals surface area (Å²) in [4.78, 5) is 145. The first-order valence-corrected chi connectivity index (χ1v) is 26.7. The van der Waals surface area contributed by atoms with Crippen LogP contribution in [0.15, 0.2) is 72.8 Å². The lowest BCUT2D eigenvalue weighted by Gasteiger charge is -2.45. The van der Waals surface area contributed by atoms with Gasteiger partial charge in [0, 0.05) is 67.3 Å². The minimum atomic E-state index is -5.87. The van der Waals surface area contributed by atoms with E-state index < -0.39 is 102 Å². The van der Waals surface area contributed by atoms with Crippen LogP contribution in [0.5, 0.6) is 0 Å². The Hall–Kier alpha value is -7.18. The van der Waals surface area contributed by atoms with Crippen LogP contribution >= 0.6 is 18.9 Å². The Morgan fingerprint density at radius 1 is 0.893 bits per heavy atom. The highest BCUT2D eigenvalue weighted by molar-refractivity contribution is 7.52. The second-order valence-corrected chi connectivity index (χ2v) is 22.6. The third kappa shape index (κ3) is 11.4. The lowest BCUT2D eigenvalue weighted by atomic mass is 9.85. The number of carbonyl (C=O) groups is 9.